The van der Waals surface area contributed by atoms with E-state index in [2.05, 4.69) is 21.1 Å². The molecule has 0 saturated carbocycles. The Hall–Kier alpha value is -2.85. The molecule has 0 spiro atoms. The number of nitrogens with zero attached hydrogens (tertiary/aromatic N) is 1. The summed E-state index contributed by atoms with van der Waals surface area (Å²) >= 11 is 1.14. The number of aromatic nitrogens is 1. The van der Waals surface area contributed by atoms with Gasteiger partial charge in [-0.3, -0.25) is 14.4 Å². The van der Waals surface area contributed by atoms with Crippen molar-refractivity contribution >= 4 is 41.0 Å². The van der Waals surface area contributed by atoms with E-state index in [9.17, 15) is 14.4 Å². The molecule has 10 heteroatoms. The van der Waals surface area contributed by atoms with Crippen molar-refractivity contribution < 1.29 is 18.9 Å². The lowest BCUT2D eigenvalue weighted by Crippen LogP contribution is -2.30. The Morgan fingerprint density at radius 2 is 1.85 bits per heavy atom. The molecule has 0 bridgehead atoms. The molecule has 3 amide bonds. The first-order valence-electron chi connectivity index (χ1n) is 8.17. The normalized spacial score (nSPS) is 10.3. The SMILES string of the molecule is Cc1cc(NC(=O)CSCC(=O)Nc2ccccc2C(=O)NCCN)no1. The zero-order valence-corrected chi connectivity index (χ0v) is 15.6. The van der Waals surface area contributed by atoms with Gasteiger partial charge in [-0.05, 0) is 19.1 Å². The van der Waals surface area contributed by atoms with E-state index >= 15 is 0 Å². The lowest BCUT2D eigenvalue weighted by atomic mass is 10.1. The number of rotatable bonds is 9. The molecule has 0 aliphatic carbocycles. The molecule has 0 unspecified atom stereocenters. The molecule has 0 fully saturated rings. The minimum absolute atomic E-state index is 0.0595. The number of hydrogen-bond donors (Lipinski definition) is 4. The summed E-state index contributed by atoms with van der Waals surface area (Å²) in [4.78, 5) is 36.0. The molecular formula is C17H21N5O4S. The Morgan fingerprint density at radius 3 is 2.52 bits per heavy atom. The van der Waals surface area contributed by atoms with Crippen LogP contribution in [0.15, 0.2) is 34.9 Å². The molecular weight excluding hydrogens is 370 g/mol. The maximum Gasteiger partial charge on any atom is 0.253 e. The highest BCUT2D eigenvalue weighted by atomic mass is 32.2. The summed E-state index contributed by atoms with van der Waals surface area (Å²) in [6, 6.07) is 8.27. The van der Waals surface area contributed by atoms with Gasteiger partial charge in [0.1, 0.15) is 5.76 Å². The van der Waals surface area contributed by atoms with Crippen molar-refractivity contribution in [2.24, 2.45) is 5.73 Å². The number of aryl methyl sites for hydroxylation is 1. The Morgan fingerprint density at radius 1 is 1.15 bits per heavy atom. The molecule has 5 N–H and O–H groups in total. The van der Waals surface area contributed by atoms with Crippen LogP contribution >= 0.6 is 11.8 Å². The minimum atomic E-state index is -0.316. The highest BCUT2D eigenvalue weighted by Crippen LogP contribution is 2.15. The average molecular weight is 391 g/mol. The Kier molecular flexibility index (Phi) is 7.83. The minimum Gasteiger partial charge on any atom is -0.360 e. The van der Waals surface area contributed by atoms with Crippen molar-refractivity contribution in [3.63, 3.8) is 0 Å². The van der Waals surface area contributed by atoms with Crippen LogP contribution in [0.5, 0.6) is 0 Å². The number of nitrogens with two attached hydrogens (primary N) is 1. The van der Waals surface area contributed by atoms with Crippen molar-refractivity contribution in [3.05, 3.63) is 41.7 Å². The third-order valence-corrected chi connectivity index (χ3v) is 4.17. The van der Waals surface area contributed by atoms with E-state index in [1.54, 1.807) is 37.3 Å². The van der Waals surface area contributed by atoms with Gasteiger partial charge in [0.05, 0.1) is 22.8 Å². The molecule has 0 aliphatic rings. The van der Waals surface area contributed by atoms with Gasteiger partial charge in [-0.25, -0.2) is 0 Å². The van der Waals surface area contributed by atoms with Gasteiger partial charge in [-0.15, -0.1) is 11.8 Å². The summed E-state index contributed by atoms with van der Waals surface area (Å²) < 4.78 is 4.85. The fourth-order valence-corrected chi connectivity index (χ4v) is 2.72. The van der Waals surface area contributed by atoms with Crippen LogP contribution in [-0.2, 0) is 9.59 Å². The van der Waals surface area contributed by atoms with Gasteiger partial charge >= 0.3 is 0 Å². The van der Waals surface area contributed by atoms with Crippen LogP contribution in [0, 0.1) is 6.92 Å². The average Bonchev–Trinajstić information content (AvgIpc) is 3.04. The Labute approximate surface area is 160 Å². The topological polar surface area (TPSA) is 139 Å². The van der Waals surface area contributed by atoms with Crippen LogP contribution in [0.1, 0.15) is 16.1 Å². The number of para-hydroxylation sites is 1. The molecule has 0 saturated heterocycles. The largest absolute Gasteiger partial charge is 0.360 e. The summed E-state index contributed by atoms with van der Waals surface area (Å²) in [6.45, 7) is 2.39. The van der Waals surface area contributed by atoms with Gasteiger partial charge in [0.25, 0.3) is 5.91 Å². The van der Waals surface area contributed by atoms with Gasteiger partial charge in [-0.1, -0.05) is 17.3 Å². The fraction of sp³-hybridized carbons (Fsp3) is 0.294. The molecule has 1 heterocycles. The lowest BCUT2D eigenvalue weighted by molar-refractivity contribution is -0.114. The molecule has 9 nitrogen and oxygen atoms in total. The van der Waals surface area contributed by atoms with Crippen molar-refractivity contribution in [1.29, 1.82) is 0 Å². The molecule has 2 aromatic rings. The van der Waals surface area contributed by atoms with E-state index in [1.807, 2.05) is 0 Å². The second-order valence-electron chi connectivity index (χ2n) is 5.50. The predicted octanol–water partition coefficient (Wildman–Crippen LogP) is 0.982. The molecule has 144 valence electrons. The number of benzene rings is 1. The lowest BCUT2D eigenvalue weighted by Gasteiger charge is -2.11. The smallest absolute Gasteiger partial charge is 0.253 e. The molecule has 0 atom stereocenters. The van der Waals surface area contributed by atoms with Crippen LogP contribution in [0.4, 0.5) is 11.5 Å². The number of thioether (sulfide) groups is 1. The third kappa shape index (κ3) is 6.76. The second-order valence-corrected chi connectivity index (χ2v) is 6.49. The maximum absolute atomic E-state index is 12.1. The van der Waals surface area contributed by atoms with E-state index in [0.29, 0.717) is 35.9 Å². The van der Waals surface area contributed by atoms with E-state index in [-0.39, 0.29) is 29.2 Å². The highest BCUT2D eigenvalue weighted by Gasteiger charge is 2.13. The van der Waals surface area contributed by atoms with E-state index in [4.69, 9.17) is 10.3 Å². The number of anilines is 2. The first-order chi connectivity index (χ1) is 13.0. The van der Waals surface area contributed by atoms with Crippen molar-refractivity contribution in [2.75, 3.05) is 35.2 Å². The maximum atomic E-state index is 12.1. The third-order valence-electron chi connectivity index (χ3n) is 3.24. The van der Waals surface area contributed by atoms with Crippen LogP contribution in [0.3, 0.4) is 0 Å². The van der Waals surface area contributed by atoms with Gasteiger partial charge in [0.2, 0.25) is 11.8 Å². The van der Waals surface area contributed by atoms with E-state index in [0.717, 1.165) is 11.8 Å². The monoisotopic (exact) mass is 391 g/mol. The molecule has 27 heavy (non-hydrogen) atoms. The van der Waals surface area contributed by atoms with E-state index in [1.165, 1.54) is 0 Å². The molecule has 0 radical (unpaired) electrons. The van der Waals surface area contributed by atoms with E-state index < -0.39 is 0 Å². The molecule has 0 aliphatic heterocycles. The Balaban J connectivity index is 1.80. The van der Waals surface area contributed by atoms with Gasteiger partial charge in [-0.2, -0.15) is 0 Å². The first kappa shape index (κ1) is 20.5. The van der Waals surface area contributed by atoms with Gasteiger partial charge in [0, 0.05) is 19.2 Å². The van der Waals surface area contributed by atoms with Crippen LogP contribution in [-0.4, -0.2) is 47.5 Å². The van der Waals surface area contributed by atoms with Crippen LogP contribution < -0.4 is 21.7 Å². The zero-order chi connectivity index (χ0) is 19.6. The molecule has 1 aromatic carbocycles. The number of nitrogens with one attached hydrogen (secondary N) is 3. The number of carbonyl (C=O) groups excluding carboxylic acids is 3. The quantitative estimate of drug-likeness (QED) is 0.500. The number of carbonyl (C=O) groups is 3. The molecule has 2 rings (SSSR count). The summed E-state index contributed by atoms with van der Waals surface area (Å²) in [6.07, 6.45) is 0. The summed E-state index contributed by atoms with van der Waals surface area (Å²) in [7, 11) is 0. The zero-order valence-electron chi connectivity index (χ0n) is 14.8. The first-order valence-corrected chi connectivity index (χ1v) is 9.33. The van der Waals surface area contributed by atoms with Gasteiger partial charge < -0.3 is 26.2 Å². The standard InChI is InChI=1S/C17H21N5O4S/c1-11-8-14(22-26-11)21-16(24)10-27-9-15(23)20-13-5-3-2-4-12(13)17(25)19-7-6-18/h2-5,8H,6-7,9-10,18H2,1H3,(H,19,25)(H,20,23)(H,21,22,24). The summed E-state index contributed by atoms with van der Waals surface area (Å²) in [5.74, 6) is 0.145. The van der Waals surface area contributed by atoms with Crippen LogP contribution in [0.2, 0.25) is 0 Å². The highest BCUT2D eigenvalue weighted by molar-refractivity contribution is 8.00. The number of amides is 3. The summed E-state index contributed by atoms with van der Waals surface area (Å²) in [5.41, 5.74) is 6.13. The fourth-order valence-electron chi connectivity index (χ4n) is 2.10. The van der Waals surface area contributed by atoms with Crippen molar-refractivity contribution in [2.45, 2.75) is 6.92 Å². The van der Waals surface area contributed by atoms with Crippen molar-refractivity contribution in [1.82, 2.24) is 10.5 Å². The summed E-state index contributed by atoms with van der Waals surface area (Å²) in [5, 5.41) is 11.6. The van der Waals surface area contributed by atoms with Crippen LogP contribution in [0.25, 0.3) is 0 Å². The number of hydrogen-bond acceptors (Lipinski definition) is 7. The van der Waals surface area contributed by atoms with Crippen molar-refractivity contribution in [3.8, 4) is 0 Å². The Bertz CT molecular complexity index is 808. The van der Waals surface area contributed by atoms with Gasteiger partial charge in [0.15, 0.2) is 5.82 Å². The predicted molar refractivity (Wildman–Crippen MR) is 104 cm³/mol. The second kappa shape index (κ2) is 10.3. The molecule has 1 aromatic heterocycles.